The van der Waals surface area contributed by atoms with Crippen LogP contribution in [0.4, 0.5) is 13.2 Å². The lowest BCUT2D eigenvalue weighted by atomic mass is 10.00. The highest BCUT2D eigenvalue weighted by molar-refractivity contribution is 6.31. The van der Waals surface area contributed by atoms with Crippen LogP contribution in [-0.2, 0) is 6.18 Å². The predicted molar refractivity (Wildman–Crippen MR) is 88.4 cm³/mol. The first-order valence-electron chi connectivity index (χ1n) is 6.62. The lowest BCUT2D eigenvalue weighted by Crippen LogP contribution is -2.45. The SMILES string of the molecule is Cl.Cl.N#CC[C@H](c1ccc(C(F)(F)F)c(Cl)c1)N1CCNCC1. The highest BCUT2D eigenvalue weighted by Gasteiger charge is 2.33. The maximum Gasteiger partial charge on any atom is 0.417 e. The van der Waals surface area contributed by atoms with Crippen molar-refractivity contribution in [1.29, 1.82) is 5.26 Å². The van der Waals surface area contributed by atoms with Crippen molar-refractivity contribution in [3.63, 3.8) is 0 Å². The molecular weight excluding hydrogens is 374 g/mol. The van der Waals surface area contributed by atoms with E-state index in [0.29, 0.717) is 5.56 Å². The smallest absolute Gasteiger partial charge is 0.314 e. The van der Waals surface area contributed by atoms with Gasteiger partial charge in [-0.05, 0) is 17.7 Å². The molecule has 0 unspecified atom stereocenters. The molecule has 1 aromatic carbocycles. The van der Waals surface area contributed by atoms with Crippen molar-refractivity contribution in [1.82, 2.24) is 10.2 Å². The molecule has 0 aromatic heterocycles. The third kappa shape index (κ3) is 5.70. The van der Waals surface area contributed by atoms with E-state index in [-0.39, 0.29) is 42.3 Å². The van der Waals surface area contributed by atoms with E-state index in [0.717, 1.165) is 32.2 Å². The Hall–Kier alpha value is -0.710. The van der Waals surface area contributed by atoms with Gasteiger partial charge in [-0.3, -0.25) is 4.90 Å². The Morgan fingerprint density at radius 1 is 1.26 bits per heavy atom. The van der Waals surface area contributed by atoms with Crippen molar-refractivity contribution in [2.75, 3.05) is 26.2 Å². The molecule has 0 amide bonds. The zero-order valence-corrected chi connectivity index (χ0v) is 14.5. The molecule has 23 heavy (non-hydrogen) atoms. The fourth-order valence-corrected chi connectivity index (χ4v) is 2.80. The van der Waals surface area contributed by atoms with Crippen LogP contribution in [0.15, 0.2) is 18.2 Å². The second kappa shape index (κ2) is 9.55. The number of hydrogen-bond acceptors (Lipinski definition) is 3. The topological polar surface area (TPSA) is 39.1 Å². The molecule has 130 valence electrons. The first-order valence-corrected chi connectivity index (χ1v) is 6.99. The quantitative estimate of drug-likeness (QED) is 0.846. The van der Waals surface area contributed by atoms with E-state index in [1.54, 1.807) is 0 Å². The van der Waals surface area contributed by atoms with Crippen molar-refractivity contribution >= 4 is 36.4 Å². The Morgan fingerprint density at radius 2 is 1.87 bits per heavy atom. The van der Waals surface area contributed by atoms with Gasteiger partial charge in [0, 0.05) is 32.2 Å². The number of rotatable bonds is 3. The van der Waals surface area contributed by atoms with Gasteiger partial charge in [-0.25, -0.2) is 0 Å². The van der Waals surface area contributed by atoms with Gasteiger partial charge in [-0.1, -0.05) is 17.7 Å². The maximum absolute atomic E-state index is 12.7. The molecule has 2 rings (SSSR count). The van der Waals surface area contributed by atoms with E-state index in [9.17, 15) is 13.2 Å². The Balaban J connectivity index is 0.00000242. The second-order valence-electron chi connectivity index (χ2n) is 4.90. The van der Waals surface area contributed by atoms with Crippen molar-refractivity contribution in [2.24, 2.45) is 0 Å². The van der Waals surface area contributed by atoms with Crippen LogP contribution in [0.25, 0.3) is 0 Å². The number of nitrogens with one attached hydrogen (secondary N) is 1. The van der Waals surface area contributed by atoms with Crippen molar-refractivity contribution in [2.45, 2.75) is 18.6 Å². The van der Waals surface area contributed by atoms with Gasteiger partial charge in [0.1, 0.15) is 0 Å². The van der Waals surface area contributed by atoms with Crippen molar-refractivity contribution in [3.8, 4) is 6.07 Å². The van der Waals surface area contributed by atoms with Crippen molar-refractivity contribution in [3.05, 3.63) is 34.3 Å². The zero-order valence-electron chi connectivity index (χ0n) is 12.1. The molecule has 3 nitrogen and oxygen atoms in total. The molecule has 1 aliphatic rings. The van der Waals surface area contributed by atoms with Crippen LogP contribution >= 0.6 is 36.4 Å². The zero-order chi connectivity index (χ0) is 15.5. The molecule has 9 heteroatoms. The summed E-state index contributed by atoms with van der Waals surface area (Å²) >= 11 is 5.76. The summed E-state index contributed by atoms with van der Waals surface area (Å²) < 4.78 is 38.2. The summed E-state index contributed by atoms with van der Waals surface area (Å²) in [6, 6.07) is 5.61. The largest absolute Gasteiger partial charge is 0.417 e. The third-order valence-corrected chi connectivity index (χ3v) is 3.87. The van der Waals surface area contributed by atoms with E-state index in [2.05, 4.69) is 16.3 Å². The molecule has 1 aliphatic heterocycles. The number of nitriles is 1. The highest BCUT2D eigenvalue weighted by Crippen LogP contribution is 2.37. The standard InChI is InChI=1S/C14H15ClF3N3.2ClH/c15-12-9-10(1-2-11(12)14(16,17)18)13(3-4-19)21-7-5-20-6-8-21;;/h1-2,9,13,20H,3,5-8H2;2*1H/t13-;;/m1../s1. The number of piperazine rings is 1. The van der Waals surface area contributed by atoms with Gasteiger partial charge in [-0.2, -0.15) is 18.4 Å². The Morgan fingerprint density at radius 3 is 2.35 bits per heavy atom. The average molecular weight is 391 g/mol. The average Bonchev–Trinajstić information content (AvgIpc) is 2.44. The molecule has 1 aromatic rings. The summed E-state index contributed by atoms with van der Waals surface area (Å²) in [5, 5.41) is 11.9. The molecule has 0 radical (unpaired) electrons. The van der Waals surface area contributed by atoms with E-state index in [1.807, 2.05) is 0 Å². The molecule has 1 heterocycles. The van der Waals surface area contributed by atoms with Crippen molar-refractivity contribution < 1.29 is 13.2 Å². The van der Waals surface area contributed by atoms with Gasteiger partial charge >= 0.3 is 6.18 Å². The molecule has 1 atom stereocenters. The van der Waals surface area contributed by atoms with E-state index in [4.69, 9.17) is 16.9 Å². The summed E-state index contributed by atoms with van der Waals surface area (Å²) in [5.74, 6) is 0. The first kappa shape index (κ1) is 22.3. The lowest BCUT2D eigenvalue weighted by molar-refractivity contribution is -0.137. The van der Waals surface area contributed by atoms with Gasteiger partial charge in [-0.15, -0.1) is 24.8 Å². The number of benzene rings is 1. The fourth-order valence-electron chi connectivity index (χ4n) is 2.51. The predicted octanol–water partition coefficient (Wildman–Crippen LogP) is 4.06. The third-order valence-electron chi connectivity index (χ3n) is 3.56. The van der Waals surface area contributed by atoms with E-state index in [1.165, 1.54) is 12.1 Å². The molecule has 0 bridgehead atoms. The monoisotopic (exact) mass is 389 g/mol. The summed E-state index contributed by atoms with van der Waals surface area (Å²) in [4.78, 5) is 2.10. The van der Waals surface area contributed by atoms with Crippen LogP contribution < -0.4 is 5.32 Å². The fraction of sp³-hybridized carbons (Fsp3) is 0.500. The number of halogens is 6. The van der Waals surface area contributed by atoms with E-state index >= 15 is 0 Å². The lowest BCUT2D eigenvalue weighted by Gasteiger charge is -2.34. The van der Waals surface area contributed by atoms with Gasteiger partial charge in [0.2, 0.25) is 0 Å². The molecule has 1 saturated heterocycles. The Kier molecular flexibility index (Phi) is 9.26. The Bertz CT molecular complexity index is 540. The molecular formula is C14H17Cl3F3N3. The number of alkyl halides is 3. The number of nitrogens with zero attached hydrogens (tertiary/aromatic N) is 2. The Labute approximate surface area is 150 Å². The van der Waals surface area contributed by atoms with E-state index < -0.39 is 11.7 Å². The van der Waals surface area contributed by atoms with Crippen LogP contribution in [0.2, 0.25) is 5.02 Å². The molecule has 0 saturated carbocycles. The summed E-state index contributed by atoms with van der Waals surface area (Å²) in [5.41, 5.74) is -0.194. The summed E-state index contributed by atoms with van der Waals surface area (Å²) in [6.07, 6.45) is -4.24. The molecule has 1 N–H and O–H groups in total. The number of hydrogen-bond donors (Lipinski definition) is 1. The minimum atomic E-state index is -4.46. The van der Waals surface area contributed by atoms with Gasteiger partial charge in [0.05, 0.1) is 23.1 Å². The summed E-state index contributed by atoms with van der Waals surface area (Å²) in [7, 11) is 0. The minimum absolute atomic E-state index is 0. The maximum atomic E-state index is 12.7. The first-order chi connectivity index (χ1) is 9.93. The molecule has 1 fully saturated rings. The molecule has 0 spiro atoms. The van der Waals surface area contributed by atoms with Gasteiger partial charge in [0.15, 0.2) is 0 Å². The van der Waals surface area contributed by atoms with Crippen LogP contribution in [0.1, 0.15) is 23.6 Å². The normalized spacial score (nSPS) is 16.7. The minimum Gasteiger partial charge on any atom is -0.314 e. The van der Waals surface area contributed by atoms with Crippen LogP contribution in [0.3, 0.4) is 0 Å². The second-order valence-corrected chi connectivity index (χ2v) is 5.31. The van der Waals surface area contributed by atoms with Crippen LogP contribution in [0.5, 0.6) is 0 Å². The molecule has 0 aliphatic carbocycles. The van der Waals surface area contributed by atoms with Crippen LogP contribution in [-0.4, -0.2) is 31.1 Å². The highest BCUT2D eigenvalue weighted by atomic mass is 35.5. The van der Waals surface area contributed by atoms with Gasteiger partial charge < -0.3 is 5.32 Å². The summed E-state index contributed by atoms with van der Waals surface area (Å²) in [6.45, 7) is 3.11. The van der Waals surface area contributed by atoms with Gasteiger partial charge in [0.25, 0.3) is 0 Å². The van der Waals surface area contributed by atoms with Crippen LogP contribution in [0, 0.1) is 11.3 Å².